The zero-order valence-corrected chi connectivity index (χ0v) is 16.6. The molecular weight excluding hydrogens is 352 g/mol. The number of carbonyl (C=O) groups excluding carboxylic acids is 1. The molecule has 0 spiro atoms. The van der Waals surface area contributed by atoms with E-state index in [9.17, 15) is 9.59 Å². The van der Waals surface area contributed by atoms with E-state index in [1.807, 2.05) is 68.5 Å². The molecule has 6 nitrogen and oxygen atoms in total. The Morgan fingerprint density at radius 3 is 2.46 bits per heavy atom. The summed E-state index contributed by atoms with van der Waals surface area (Å²) in [6.07, 6.45) is 2.55. The lowest BCUT2D eigenvalue weighted by Crippen LogP contribution is -2.27. The number of fused-ring (bicyclic) bond motifs is 1. The van der Waals surface area contributed by atoms with Crippen molar-refractivity contribution in [2.75, 3.05) is 26.0 Å². The van der Waals surface area contributed by atoms with Gasteiger partial charge in [-0.2, -0.15) is 0 Å². The van der Waals surface area contributed by atoms with Gasteiger partial charge in [0.2, 0.25) is 5.91 Å². The van der Waals surface area contributed by atoms with Crippen LogP contribution >= 0.6 is 0 Å². The van der Waals surface area contributed by atoms with Gasteiger partial charge >= 0.3 is 0 Å². The molecule has 0 aliphatic heterocycles. The average molecular weight is 378 g/mol. The molecule has 28 heavy (non-hydrogen) atoms. The standard InChI is InChI=1S/C22H26N4O2/c1-24(2)18-12-10-17(11-13-18)15-25(3)21(27)9-6-14-26-16-23-20-8-5-4-7-19(20)22(26)28/h4-5,7-8,10-13,16H,6,9,14-15H2,1-3H3. The molecule has 6 heteroatoms. The fourth-order valence-corrected chi connectivity index (χ4v) is 3.12. The predicted molar refractivity (Wildman–Crippen MR) is 112 cm³/mol. The number of rotatable bonds is 7. The van der Waals surface area contributed by atoms with Gasteiger partial charge < -0.3 is 9.80 Å². The third-order valence-electron chi connectivity index (χ3n) is 4.82. The first-order valence-electron chi connectivity index (χ1n) is 9.40. The third kappa shape index (κ3) is 4.57. The molecule has 2 aromatic carbocycles. The Morgan fingerprint density at radius 1 is 1.04 bits per heavy atom. The van der Waals surface area contributed by atoms with Crippen molar-refractivity contribution in [3.63, 3.8) is 0 Å². The van der Waals surface area contributed by atoms with Crippen LogP contribution in [0, 0.1) is 0 Å². The molecular formula is C22H26N4O2. The zero-order valence-electron chi connectivity index (χ0n) is 16.6. The van der Waals surface area contributed by atoms with Gasteiger partial charge in [-0.05, 0) is 36.2 Å². The zero-order chi connectivity index (χ0) is 20.1. The summed E-state index contributed by atoms with van der Waals surface area (Å²) in [6.45, 7) is 1.05. The minimum Gasteiger partial charge on any atom is -0.378 e. The van der Waals surface area contributed by atoms with Gasteiger partial charge in [-0.3, -0.25) is 14.2 Å². The molecule has 0 bridgehead atoms. The van der Waals surface area contributed by atoms with Gasteiger partial charge in [0.05, 0.1) is 17.2 Å². The summed E-state index contributed by atoms with van der Waals surface area (Å²) in [5.74, 6) is 0.0680. The summed E-state index contributed by atoms with van der Waals surface area (Å²) >= 11 is 0. The first-order valence-corrected chi connectivity index (χ1v) is 9.40. The summed E-state index contributed by atoms with van der Waals surface area (Å²) in [5, 5.41) is 0.606. The van der Waals surface area contributed by atoms with Gasteiger partial charge in [-0.15, -0.1) is 0 Å². The highest BCUT2D eigenvalue weighted by Gasteiger charge is 2.10. The van der Waals surface area contributed by atoms with Gasteiger partial charge in [0.1, 0.15) is 0 Å². The molecule has 0 saturated heterocycles. The molecule has 0 aliphatic carbocycles. The number of aromatic nitrogens is 2. The number of para-hydroxylation sites is 1. The van der Waals surface area contributed by atoms with Crippen LogP contribution in [0.1, 0.15) is 18.4 Å². The maximum atomic E-state index is 12.5. The monoisotopic (exact) mass is 378 g/mol. The lowest BCUT2D eigenvalue weighted by molar-refractivity contribution is -0.130. The van der Waals surface area contributed by atoms with E-state index in [0.717, 1.165) is 11.3 Å². The van der Waals surface area contributed by atoms with Crippen LogP contribution in [0.4, 0.5) is 5.69 Å². The average Bonchev–Trinajstić information content (AvgIpc) is 2.70. The molecule has 0 atom stereocenters. The Morgan fingerprint density at radius 2 is 1.75 bits per heavy atom. The number of amides is 1. The van der Waals surface area contributed by atoms with E-state index < -0.39 is 0 Å². The van der Waals surface area contributed by atoms with E-state index in [4.69, 9.17) is 0 Å². The predicted octanol–water partition coefficient (Wildman–Crippen LogP) is 2.90. The van der Waals surface area contributed by atoms with Crippen molar-refractivity contribution in [1.29, 1.82) is 0 Å². The van der Waals surface area contributed by atoms with Crippen LogP contribution in [0.3, 0.4) is 0 Å². The van der Waals surface area contributed by atoms with Crippen LogP contribution < -0.4 is 10.5 Å². The number of benzene rings is 2. The van der Waals surface area contributed by atoms with Crippen LogP contribution in [0.25, 0.3) is 10.9 Å². The maximum Gasteiger partial charge on any atom is 0.261 e. The van der Waals surface area contributed by atoms with Gasteiger partial charge in [-0.1, -0.05) is 24.3 Å². The molecule has 1 aromatic heterocycles. The first kappa shape index (κ1) is 19.6. The van der Waals surface area contributed by atoms with E-state index in [1.54, 1.807) is 21.9 Å². The SMILES string of the molecule is CN(Cc1ccc(N(C)C)cc1)C(=O)CCCn1cnc2ccccc2c1=O. The number of anilines is 1. The normalized spacial score (nSPS) is 10.8. The van der Waals surface area contributed by atoms with E-state index in [1.165, 1.54) is 0 Å². The molecule has 0 unspecified atom stereocenters. The van der Waals surface area contributed by atoms with Crippen molar-refractivity contribution >= 4 is 22.5 Å². The van der Waals surface area contributed by atoms with Crippen LogP contribution in [0.5, 0.6) is 0 Å². The Kier molecular flexibility index (Phi) is 6.09. The van der Waals surface area contributed by atoms with E-state index in [-0.39, 0.29) is 11.5 Å². The molecule has 3 aromatic rings. The highest BCUT2D eigenvalue weighted by atomic mass is 16.2. The molecule has 1 amide bonds. The second-order valence-corrected chi connectivity index (χ2v) is 7.17. The van der Waals surface area contributed by atoms with Crippen LogP contribution in [0.15, 0.2) is 59.7 Å². The van der Waals surface area contributed by atoms with Crippen LogP contribution in [0.2, 0.25) is 0 Å². The van der Waals surface area contributed by atoms with Crippen LogP contribution in [-0.4, -0.2) is 41.5 Å². The van der Waals surface area contributed by atoms with Crippen molar-refractivity contribution in [3.8, 4) is 0 Å². The minimum absolute atomic E-state index is 0.0626. The number of hydrogen-bond acceptors (Lipinski definition) is 4. The van der Waals surface area contributed by atoms with Gasteiger partial charge in [0.25, 0.3) is 5.56 Å². The van der Waals surface area contributed by atoms with Crippen molar-refractivity contribution in [1.82, 2.24) is 14.5 Å². The summed E-state index contributed by atoms with van der Waals surface area (Å²) in [7, 11) is 5.81. The Bertz CT molecular complexity index is 1010. The summed E-state index contributed by atoms with van der Waals surface area (Å²) in [5.41, 5.74) is 2.86. The quantitative estimate of drug-likeness (QED) is 0.634. The first-order chi connectivity index (χ1) is 13.5. The Hall–Kier alpha value is -3.15. The van der Waals surface area contributed by atoms with E-state index >= 15 is 0 Å². The molecule has 1 heterocycles. The van der Waals surface area contributed by atoms with E-state index in [2.05, 4.69) is 4.98 Å². The molecule has 3 rings (SSSR count). The number of carbonyl (C=O) groups is 1. The topological polar surface area (TPSA) is 58.4 Å². The number of aryl methyl sites for hydroxylation is 1. The van der Waals surface area contributed by atoms with Crippen LogP contribution in [-0.2, 0) is 17.9 Å². The number of hydrogen-bond donors (Lipinski definition) is 0. The second kappa shape index (κ2) is 8.69. The van der Waals surface area contributed by atoms with Gasteiger partial charge in [-0.25, -0.2) is 4.98 Å². The molecule has 0 N–H and O–H groups in total. The van der Waals surface area contributed by atoms with Crippen molar-refractivity contribution in [2.45, 2.75) is 25.9 Å². The largest absolute Gasteiger partial charge is 0.378 e. The van der Waals surface area contributed by atoms with Gasteiger partial charge in [0, 0.05) is 46.3 Å². The van der Waals surface area contributed by atoms with Crippen molar-refractivity contribution in [3.05, 3.63) is 70.8 Å². The number of nitrogens with zero attached hydrogens (tertiary/aromatic N) is 4. The highest BCUT2D eigenvalue weighted by Crippen LogP contribution is 2.14. The Balaban J connectivity index is 1.54. The lowest BCUT2D eigenvalue weighted by atomic mass is 10.2. The second-order valence-electron chi connectivity index (χ2n) is 7.17. The Labute approximate surface area is 165 Å². The van der Waals surface area contributed by atoms with E-state index in [0.29, 0.717) is 36.8 Å². The van der Waals surface area contributed by atoms with Gasteiger partial charge in [0.15, 0.2) is 0 Å². The van der Waals surface area contributed by atoms with Crippen molar-refractivity contribution in [2.24, 2.45) is 0 Å². The minimum atomic E-state index is -0.0626. The molecule has 0 saturated carbocycles. The summed E-state index contributed by atoms with van der Waals surface area (Å²) < 4.78 is 1.58. The third-order valence-corrected chi connectivity index (χ3v) is 4.82. The lowest BCUT2D eigenvalue weighted by Gasteiger charge is -2.18. The summed E-state index contributed by atoms with van der Waals surface area (Å²) in [4.78, 5) is 33.0. The van der Waals surface area contributed by atoms with Crippen molar-refractivity contribution < 1.29 is 4.79 Å². The molecule has 0 fully saturated rings. The molecule has 146 valence electrons. The molecule has 0 aliphatic rings. The fraction of sp³-hybridized carbons (Fsp3) is 0.318. The molecule has 0 radical (unpaired) electrons. The highest BCUT2D eigenvalue weighted by molar-refractivity contribution is 5.77. The smallest absolute Gasteiger partial charge is 0.261 e. The fourth-order valence-electron chi connectivity index (χ4n) is 3.12. The maximum absolute atomic E-state index is 12.5. The summed E-state index contributed by atoms with van der Waals surface area (Å²) in [6, 6.07) is 15.5.